The summed E-state index contributed by atoms with van der Waals surface area (Å²) in [6, 6.07) is 4.86. The van der Waals surface area contributed by atoms with Gasteiger partial charge >= 0.3 is 0 Å². The van der Waals surface area contributed by atoms with Crippen LogP contribution in [0.5, 0.6) is 11.5 Å². The molecule has 0 amide bonds. The zero-order valence-corrected chi connectivity index (χ0v) is 11.3. The summed E-state index contributed by atoms with van der Waals surface area (Å²) in [5.74, 6) is 0.226. The Morgan fingerprint density at radius 2 is 2.05 bits per heavy atom. The Bertz CT molecular complexity index is 553. The first-order valence-electron chi connectivity index (χ1n) is 5.78. The second-order valence-corrected chi connectivity index (χ2v) is 6.60. The Morgan fingerprint density at radius 1 is 1.32 bits per heavy atom. The van der Waals surface area contributed by atoms with Crippen molar-refractivity contribution in [2.45, 2.75) is 18.8 Å². The highest BCUT2D eigenvalue weighted by Crippen LogP contribution is 2.31. The van der Waals surface area contributed by atoms with Gasteiger partial charge in [0.25, 0.3) is 0 Å². The first kappa shape index (κ1) is 14.1. The molecule has 0 saturated carbocycles. The smallest absolute Gasteiger partial charge is 0.162 e. The van der Waals surface area contributed by atoms with E-state index in [1.165, 1.54) is 7.11 Å². The van der Waals surface area contributed by atoms with E-state index in [9.17, 15) is 13.5 Å². The minimum Gasteiger partial charge on any atom is -0.493 e. The maximum Gasteiger partial charge on any atom is 0.162 e. The molecule has 1 aromatic carbocycles. The molecule has 7 heteroatoms. The van der Waals surface area contributed by atoms with Crippen LogP contribution in [0.15, 0.2) is 18.2 Å². The summed E-state index contributed by atoms with van der Waals surface area (Å²) in [4.78, 5) is 0. The van der Waals surface area contributed by atoms with Gasteiger partial charge in [0.2, 0.25) is 0 Å². The summed E-state index contributed by atoms with van der Waals surface area (Å²) < 4.78 is 33.4. The third-order valence-electron chi connectivity index (χ3n) is 2.96. The quantitative estimate of drug-likeness (QED) is 0.792. The molecule has 0 aromatic heterocycles. The van der Waals surface area contributed by atoms with Crippen LogP contribution in [0.3, 0.4) is 0 Å². The van der Waals surface area contributed by atoms with Gasteiger partial charge in [-0.25, -0.2) is 8.42 Å². The highest BCUT2D eigenvalue weighted by molar-refractivity contribution is 7.91. The van der Waals surface area contributed by atoms with E-state index in [-0.39, 0.29) is 18.1 Å². The van der Waals surface area contributed by atoms with Crippen molar-refractivity contribution in [1.82, 2.24) is 0 Å². The maximum atomic E-state index is 11.4. The van der Waals surface area contributed by atoms with Crippen LogP contribution >= 0.6 is 0 Å². The lowest BCUT2D eigenvalue weighted by Gasteiger charge is -2.18. The lowest BCUT2D eigenvalue weighted by atomic mass is 10.2. The van der Waals surface area contributed by atoms with Gasteiger partial charge in [0, 0.05) is 0 Å². The Kier molecular flexibility index (Phi) is 3.98. The van der Waals surface area contributed by atoms with Crippen LogP contribution < -0.4 is 9.47 Å². The predicted molar refractivity (Wildman–Crippen MR) is 68.0 cm³/mol. The van der Waals surface area contributed by atoms with E-state index in [4.69, 9.17) is 14.6 Å². The minimum atomic E-state index is -3.27. The molecule has 2 atom stereocenters. The summed E-state index contributed by atoms with van der Waals surface area (Å²) in [6.07, 6.45) is -1.86. The van der Waals surface area contributed by atoms with Crippen LogP contribution in [0.25, 0.3) is 0 Å². The van der Waals surface area contributed by atoms with Gasteiger partial charge in [-0.2, -0.15) is 0 Å². The van der Waals surface area contributed by atoms with Crippen molar-refractivity contribution < 1.29 is 28.1 Å². The number of hydrogen-bond donors (Lipinski definition) is 2. The molecule has 1 aliphatic heterocycles. The van der Waals surface area contributed by atoms with E-state index >= 15 is 0 Å². The SMILES string of the molecule is COc1ccc(CO)cc1OC1CS(=O)(=O)CC1O. The molecule has 1 saturated heterocycles. The highest BCUT2D eigenvalue weighted by Gasteiger charge is 2.38. The molecule has 0 spiro atoms. The van der Waals surface area contributed by atoms with Crippen LogP contribution in [0.2, 0.25) is 0 Å². The van der Waals surface area contributed by atoms with Crippen molar-refractivity contribution in [2.75, 3.05) is 18.6 Å². The van der Waals surface area contributed by atoms with Crippen molar-refractivity contribution >= 4 is 9.84 Å². The second-order valence-electron chi connectivity index (χ2n) is 4.44. The van der Waals surface area contributed by atoms with E-state index < -0.39 is 22.0 Å². The van der Waals surface area contributed by atoms with Gasteiger partial charge < -0.3 is 19.7 Å². The number of aliphatic hydroxyl groups is 2. The molecule has 0 radical (unpaired) electrons. The summed E-state index contributed by atoms with van der Waals surface area (Å²) in [5, 5.41) is 18.8. The van der Waals surface area contributed by atoms with Crippen molar-refractivity contribution in [3.8, 4) is 11.5 Å². The molecule has 0 bridgehead atoms. The van der Waals surface area contributed by atoms with Crippen molar-refractivity contribution in [3.63, 3.8) is 0 Å². The molecule has 106 valence electrons. The molecule has 1 aliphatic rings. The maximum absolute atomic E-state index is 11.4. The summed E-state index contributed by atoms with van der Waals surface area (Å²) in [7, 11) is -1.80. The topological polar surface area (TPSA) is 93.1 Å². The molecule has 2 unspecified atom stereocenters. The van der Waals surface area contributed by atoms with Gasteiger partial charge in [-0.3, -0.25) is 0 Å². The van der Waals surface area contributed by atoms with Gasteiger partial charge in [-0.15, -0.1) is 0 Å². The number of aliphatic hydroxyl groups excluding tert-OH is 2. The van der Waals surface area contributed by atoms with E-state index in [0.29, 0.717) is 17.1 Å². The molecule has 2 N–H and O–H groups in total. The van der Waals surface area contributed by atoms with Gasteiger partial charge in [0.1, 0.15) is 12.2 Å². The normalized spacial score (nSPS) is 25.2. The zero-order valence-electron chi connectivity index (χ0n) is 10.4. The van der Waals surface area contributed by atoms with Crippen LogP contribution in [-0.2, 0) is 16.4 Å². The fourth-order valence-electron chi connectivity index (χ4n) is 1.98. The Balaban J connectivity index is 2.23. The average Bonchev–Trinajstić information content (AvgIpc) is 2.62. The molecule has 6 nitrogen and oxygen atoms in total. The van der Waals surface area contributed by atoms with Gasteiger partial charge in [-0.1, -0.05) is 6.07 Å². The number of benzene rings is 1. The van der Waals surface area contributed by atoms with Gasteiger partial charge in [0.05, 0.1) is 25.2 Å². The lowest BCUT2D eigenvalue weighted by molar-refractivity contribution is 0.0717. The van der Waals surface area contributed by atoms with E-state index in [1.54, 1.807) is 18.2 Å². The third-order valence-corrected chi connectivity index (χ3v) is 4.65. The fraction of sp³-hybridized carbons (Fsp3) is 0.500. The molecular weight excluding hydrogens is 272 g/mol. The number of sulfone groups is 1. The minimum absolute atomic E-state index is 0.161. The highest BCUT2D eigenvalue weighted by atomic mass is 32.2. The summed E-state index contributed by atoms with van der Waals surface area (Å²) in [5.41, 5.74) is 0.617. The lowest BCUT2D eigenvalue weighted by Crippen LogP contribution is -2.29. The Labute approximate surface area is 111 Å². The first-order chi connectivity index (χ1) is 8.95. The molecule has 2 rings (SSSR count). The average molecular weight is 288 g/mol. The zero-order chi connectivity index (χ0) is 14.0. The van der Waals surface area contributed by atoms with Gasteiger partial charge in [0.15, 0.2) is 21.3 Å². The Hall–Kier alpha value is -1.31. The van der Waals surface area contributed by atoms with Crippen LogP contribution in [0, 0.1) is 0 Å². The van der Waals surface area contributed by atoms with Crippen LogP contribution in [0.4, 0.5) is 0 Å². The number of methoxy groups -OCH3 is 1. The number of rotatable bonds is 4. The van der Waals surface area contributed by atoms with Gasteiger partial charge in [-0.05, 0) is 17.7 Å². The summed E-state index contributed by atoms with van der Waals surface area (Å²) >= 11 is 0. The standard InChI is InChI=1S/C12H16O6S/c1-17-10-3-2-8(5-13)4-11(10)18-12-7-19(15,16)6-9(12)14/h2-4,9,12-14H,5-7H2,1H3. The molecular formula is C12H16O6S. The predicted octanol–water partition coefficient (Wildman–Crippen LogP) is -0.276. The molecule has 19 heavy (non-hydrogen) atoms. The number of ether oxygens (including phenoxy) is 2. The summed E-state index contributed by atoms with van der Waals surface area (Å²) in [6.45, 7) is -0.161. The molecule has 1 fully saturated rings. The number of hydrogen-bond acceptors (Lipinski definition) is 6. The van der Waals surface area contributed by atoms with Crippen LogP contribution in [-0.4, -0.2) is 49.5 Å². The van der Waals surface area contributed by atoms with E-state index in [2.05, 4.69) is 0 Å². The molecule has 1 heterocycles. The van der Waals surface area contributed by atoms with E-state index in [0.717, 1.165) is 0 Å². The second kappa shape index (κ2) is 5.36. The first-order valence-corrected chi connectivity index (χ1v) is 7.60. The molecule has 0 aliphatic carbocycles. The third kappa shape index (κ3) is 3.17. The molecule has 1 aromatic rings. The van der Waals surface area contributed by atoms with Crippen molar-refractivity contribution in [3.05, 3.63) is 23.8 Å². The van der Waals surface area contributed by atoms with Crippen molar-refractivity contribution in [1.29, 1.82) is 0 Å². The largest absolute Gasteiger partial charge is 0.493 e. The van der Waals surface area contributed by atoms with Crippen LogP contribution in [0.1, 0.15) is 5.56 Å². The Morgan fingerprint density at radius 3 is 2.58 bits per heavy atom. The fourth-order valence-corrected chi connectivity index (χ4v) is 3.65. The monoisotopic (exact) mass is 288 g/mol. The van der Waals surface area contributed by atoms with Crippen molar-refractivity contribution in [2.24, 2.45) is 0 Å². The van der Waals surface area contributed by atoms with E-state index in [1.807, 2.05) is 0 Å².